The van der Waals surface area contributed by atoms with E-state index in [4.69, 9.17) is 0 Å². The third kappa shape index (κ3) is 4.53. The number of ether oxygens (including phenoxy) is 2. The average molecular weight is 434 g/mol. The third-order valence-corrected chi connectivity index (χ3v) is 4.37. The van der Waals surface area contributed by atoms with Gasteiger partial charge in [-0.15, -0.1) is 0 Å². The van der Waals surface area contributed by atoms with Gasteiger partial charge in [0, 0.05) is 20.3 Å². The summed E-state index contributed by atoms with van der Waals surface area (Å²) in [4.78, 5) is 30.0. The number of rotatable bonds is 2. The van der Waals surface area contributed by atoms with Crippen molar-refractivity contribution in [3.05, 3.63) is 32.9 Å². The fourth-order valence-electron chi connectivity index (χ4n) is 1.57. The van der Waals surface area contributed by atoms with E-state index in [0.717, 1.165) is 15.3 Å². The molecule has 0 saturated carbocycles. The summed E-state index contributed by atoms with van der Waals surface area (Å²) in [6.45, 7) is 3.67. The maximum absolute atomic E-state index is 11.1. The lowest BCUT2D eigenvalue weighted by Crippen LogP contribution is -2.04. The van der Waals surface area contributed by atoms with E-state index in [0.29, 0.717) is 11.4 Å². The number of esters is 2. The van der Waals surface area contributed by atoms with Gasteiger partial charge in [-0.3, -0.25) is 0 Å². The number of hydrogen-bond donors (Lipinski definition) is 0. The summed E-state index contributed by atoms with van der Waals surface area (Å²) < 4.78 is 13.5. The van der Waals surface area contributed by atoms with E-state index in [2.05, 4.69) is 42.0 Å². The SMILES string of the molecule is COC(=O)c1cn(C)c(C)n1.COC(=O)c1nc(C)n(C)c1I. The van der Waals surface area contributed by atoms with Gasteiger partial charge in [0.1, 0.15) is 15.3 Å². The molecule has 2 rings (SSSR count). The minimum absolute atomic E-state index is 0.354. The molecule has 0 aliphatic carbocycles. The van der Waals surface area contributed by atoms with Crippen LogP contribution < -0.4 is 0 Å². The first-order valence-electron chi connectivity index (χ1n) is 6.58. The second kappa shape index (κ2) is 8.09. The van der Waals surface area contributed by atoms with Crippen molar-refractivity contribution in [3.8, 4) is 0 Å². The monoisotopic (exact) mass is 434 g/mol. The maximum Gasteiger partial charge on any atom is 0.359 e. The lowest BCUT2D eigenvalue weighted by molar-refractivity contribution is 0.0585. The highest BCUT2D eigenvalue weighted by atomic mass is 127. The summed E-state index contributed by atoms with van der Waals surface area (Å²) in [5.41, 5.74) is 0.741. The molecule has 0 saturated heterocycles. The molecule has 0 spiro atoms. The number of halogens is 1. The van der Waals surface area contributed by atoms with Gasteiger partial charge in [-0.05, 0) is 36.4 Å². The molecule has 0 fully saturated rings. The molecule has 23 heavy (non-hydrogen) atoms. The number of nitrogens with zero attached hydrogens (tertiary/aromatic N) is 4. The molecule has 126 valence electrons. The van der Waals surface area contributed by atoms with E-state index in [9.17, 15) is 9.59 Å². The van der Waals surface area contributed by atoms with Crippen LogP contribution in [0.2, 0.25) is 0 Å². The van der Waals surface area contributed by atoms with E-state index in [1.165, 1.54) is 14.2 Å². The highest BCUT2D eigenvalue weighted by Crippen LogP contribution is 2.13. The summed E-state index contributed by atoms with van der Waals surface area (Å²) in [6.07, 6.45) is 1.64. The molecule has 0 N–H and O–H groups in total. The Morgan fingerprint density at radius 1 is 1.04 bits per heavy atom. The highest BCUT2D eigenvalue weighted by Gasteiger charge is 2.16. The molecule has 2 aromatic heterocycles. The van der Waals surface area contributed by atoms with Crippen LogP contribution in [0, 0.1) is 17.5 Å². The normalized spacial score (nSPS) is 9.87. The number of imidazole rings is 2. The van der Waals surface area contributed by atoms with Crippen molar-refractivity contribution in [2.45, 2.75) is 13.8 Å². The number of aromatic nitrogens is 4. The van der Waals surface area contributed by atoms with Gasteiger partial charge in [-0.1, -0.05) is 0 Å². The Labute approximate surface area is 148 Å². The molecular formula is C14H19IN4O4. The Morgan fingerprint density at radius 3 is 1.96 bits per heavy atom. The smallest absolute Gasteiger partial charge is 0.359 e. The Kier molecular flexibility index (Phi) is 6.73. The minimum Gasteiger partial charge on any atom is -0.464 e. The molecular weight excluding hydrogens is 415 g/mol. The Hall–Kier alpha value is -1.91. The van der Waals surface area contributed by atoms with Gasteiger partial charge in [0.15, 0.2) is 11.4 Å². The number of methoxy groups -OCH3 is 2. The largest absolute Gasteiger partial charge is 0.464 e. The van der Waals surface area contributed by atoms with Crippen molar-refractivity contribution in [1.29, 1.82) is 0 Å². The number of carbonyl (C=O) groups excluding carboxylic acids is 2. The molecule has 0 aliphatic heterocycles. The average Bonchev–Trinajstić information content (AvgIpc) is 3.00. The minimum atomic E-state index is -0.395. The van der Waals surface area contributed by atoms with Crippen LogP contribution in [0.4, 0.5) is 0 Å². The van der Waals surface area contributed by atoms with Gasteiger partial charge in [-0.2, -0.15) is 0 Å². The first-order chi connectivity index (χ1) is 10.7. The topological polar surface area (TPSA) is 88.2 Å². The Morgan fingerprint density at radius 2 is 1.61 bits per heavy atom. The van der Waals surface area contributed by atoms with Crippen molar-refractivity contribution in [2.75, 3.05) is 14.2 Å². The second-order valence-electron chi connectivity index (χ2n) is 4.62. The van der Waals surface area contributed by atoms with Gasteiger partial charge >= 0.3 is 11.9 Å². The predicted molar refractivity (Wildman–Crippen MR) is 91.3 cm³/mol. The molecule has 0 unspecified atom stereocenters. The number of aryl methyl sites for hydroxylation is 3. The van der Waals surface area contributed by atoms with Crippen LogP contribution in [0.25, 0.3) is 0 Å². The molecule has 0 atom stereocenters. The molecule has 2 aromatic rings. The van der Waals surface area contributed by atoms with E-state index >= 15 is 0 Å². The van der Waals surface area contributed by atoms with Crippen molar-refractivity contribution >= 4 is 34.5 Å². The summed E-state index contributed by atoms with van der Waals surface area (Å²) in [6, 6.07) is 0. The van der Waals surface area contributed by atoms with Crippen LogP contribution in [0.15, 0.2) is 6.20 Å². The van der Waals surface area contributed by atoms with Gasteiger partial charge in [0.2, 0.25) is 0 Å². The molecule has 0 bridgehead atoms. The molecule has 9 heteroatoms. The zero-order valence-corrected chi connectivity index (χ0v) is 16.0. The highest BCUT2D eigenvalue weighted by molar-refractivity contribution is 14.1. The van der Waals surface area contributed by atoms with Crippen LogP contribution in [0.1, 0.15) is 32.6 Å². The van der Waals surface area contributed by atoms with Gasteiger partial charge in [0.05, 0.1) is 14.2 Å². The second-order valence-corrected chi connectivity index (χ2v) is 5.65. The Balaban J connectivity index is 0.000000231. The third-order valence-electron chi connectivity index (χ3n) is 3.13. The zero-order chi connectivity index (χ0) is 17.7. The van der Waals surface area contributed by atoms with Gasteiger partial charge < -0.3 is 18.6 Å². The van der Waals surface area contributed by atoms with Crippen molar-refractivity contribution < 1.29 is 19.1 Å². The number of carbonyl (C=O) groups is 2. The molecule has 0 radical (unpaired) electrons. The fourth-order valence-corrected chi connectivity index (χ4v) is 2.26. The van der Waals surface area contributed by atoms with Gasteiger partial charge in [-0.25, -0.2) is 19.6 Å². The summed E-state index contributed by atoms with van der Waals surface area (Å²) >= 11 is 2.06. The quantitative estimate of drug-likeness (QED) is 0.528. The van der Waals surface area contributed by atoms with Crippen LogP contribution in [-0.4, -0.2) is 45.3 Å². The Bertz CT molecular complexity index is 701. The van der Waals surface area contributed by atoms with Crippen LogP contribution in [0.3, 0.4) is 0 Å². The predicted octanol–water partition coefficient (Wildman–Crippen LogP) is 1.63. The lowest BCUT2D eigenvalue weighted by atomic mass is 10.5. The van der Waals surface area contributed by atoms with Crippen molar-refractivity contribution in [3.63, 3.8) is 0 Å². The fraction of sp³-hybridized carbons (Fsp3) is 0.429. The van der Waals surface area contributed by atoms with Gasteiger partial charge in [0.25, 0.3) is 0 Å². The van der Waals surface area contributed by atoms with E-state index < -0.39 is 5.97 Å². The van der Waals surface area contributed by atoms with Crippen molar-refractivity contribution in [1.82, 2.24) is 19.1 Å². The molecule has 2 heterocycles. The molecule has 8 nitrogen and oxygen atoms in total. The van der Waals surface area contributed by atoms with E-state index in [-0.39, 0.29) is 5.97 Å². The summed E-state index contributed by atoms with van der Waals surface area (Å²) in [7, 11) is 6.38. The maximum atomic E-state index is 11.1. The van der Waals surface area contributed by atoms with E-state index in [1.807, 2.05) is 32.5 Å². The van der Waals surface area contributed by atoms with Crippen LogP contribution in [-0.2, 0) is 23.6 Å². The molecule has 0 aromatic carbocycles. The lowest BCUT2D eigenvalue weighted by Gasteiger charge is -1.95. The van der Waals surface area contributed by atoms with E-state index in [1.54, 1.807) is 10.8 Å². The summed E-state index contributed by atoms with van der Waals surface area (Å²) in [5.74, 6) is 0.821. The molecule has 0 aliphatic rings. The summed E-state index contributed by atoms with van der Waals surface area (Å²) in [5, 5.41) is 0. The van der Waals surface area contributed by atoms with Crippen LogP contribution in [0.5, 0.6) is 0 Å². The van der Waals surface area contributed by atoms with Crippen molar-refractivity contribution in [2.24, 2.45) is 14.1 Å². The first-order valence-corrected chi connectivity index (χ1v) is 7.66. The number of hydrogen-bond acceptors (Lipinski definition) is 6. The zero-order valence-electron chi connectivity index (χ0n) is 13.9. The van der Waals surface area contributed by atoms with Crippen LogP contribution >= 0.6 is 22.6 Å². The standard InChI is InChI=1S/C7H9IN2O2.C7H10N2O2/c1-4-9-5(7(11)12-3)6(8)10(4)2;1-5-8-6(4-9(5)2)7(10)11-3/h1-3H3;4H,1-3H3. The molecule has 0 amide bonds. The first kappa shape index (κ1) is 19.1.